The van der Waals surface area contributed by atoms with E-state index in [1.54, 1.807) is 22.9 Å². The Bertz CT molecular complexity index is 746. The average molecular weight is 326 g/mol. The predicted octanol–water partition coefficient (Wildman–Crippen LogP) is 1.60. The van der Waals surface area contributed by atoms with Crippen molar-refractivity contribution < 1.29 is 4.79 Å². The van der Waals surface area contributed by atoms with E-state index in [0.717, 1.165) is 12.1 Å². The van der Waals surface area contributed by atoms with E-state index < -0.39 is 0 Å². The van der Waals surface area contributed by atoms with Crippen molar-refractivity contribution in [1.82, 2.24) is 15.1 Å². The van der Waals surface area contributed by atoms with E-state index in [-0.39, 0.29) is 5.91 Å². The summed E-state index contributed by atoms with van der Waals surface area (Å²) in [7, 11) is 1.89. The van der Waals surface area contributed by atoms with Crippen molar-refractivity contribution >= 4 is 17.3 Å². The number of nitrogen functional groups attached to an aromatic ring is 1. The van der Waals surface area contributed by atoms with Crippen molar-refractivity contribution in [2.24, 2.45) is 7.05 Å². The lowest BCUT2D eigenvalue weighted by molar-refractivity contribution is -0.116. The fraction of sp³-hybridized carbons (Fsp3) is 0.353. The van der Waals surface area contributed by atoms with Gasteiger partial charge in [0.25, 0.3) is 0 Å². The van der Waals surface area contributed by atoms with Crippen LogP contribution in [-0.4, -0.2) is 28.8 Å². The second kappa shape index (κ2) is 8.13. The number of nitriles is 1. The summed E-state index contributed by atoms with van der Waals surface area (Å²) < 4.78 is 1.78. The maximum Gasteiger partial charge on any atom is 0.225 e. The standard InChI is InChI=1S/C17H22N6O/c1-12(14-10-21-23(2)11-14)9-20-7-6-16(24)22-15-5-3-4-13(8-18)17(15)19/h3-5,10-12,20H,6-7,9,19H2,1-2H3,(H,22,24). The van der Waals surface area contributed by atoms with Gasteiger partial charge in [-0.05, 0) is 23.6 Å². The molecule has 1 amide bonds. The molecule has 1 aromatic carbocycles. The number of para-hydroxylation sites is 1. The van der Waals surface area contributed by atoms with Crippen molar-refractivity contribution in [3.63, 3.8) is 0 Å². The Kier molecular flexibility index (Phi) is 5.93. The number of anilines is 2. The first-order chi connectivity index (χ1) is 11.5. The lowest BCUT2D eigenvalue weighted by Crippen LogP contribution is -2.25. The van der Waals surface area contributed by atoms with Crippen LogP contribution in [0, 0.1) is 11.3 Å². The lowest BCUT2D eigenvalue weighted by atomic mass is 10.1. The normalized spacial score (nSPS) is 11.7. The number of nitrogens with two attached hydrogens (primary N) is 1. The molecule has 0 radical (unpaired) electrons. The Balaban J connectivity index is 1.75. The molecule has 0 saturated carbocycles. The lowest BCUT2D eigenvalue weighted by Gasteiger charge is -2.12. The van der Waals surface area contributed by atoms with Crippen LogP contribution in [0.15, 0.2) is 30.6 Å². The number of hydrogen-bond acceptors (Lipinski definition) is 5. The molecular formula is C17H22N6O. The quantitative estimate of drug-likeness (QED) is 0.529. The van der Waals surface area contributed by atoms with E-state index in [2.05, 4.69) is 22.7 Å². The molecule has 1 atom stereocenters. The second-order valence-electron chi connectivity index (χ2n) is 5.73. The Labute approximate surface area is 141 Å². The molecule has 126 valence electrons. The Morgan fingerprint density at radius 2 is 2.29 bits per heavy atom. The van der Waals surface area contributed by atoms with Gasteiger partial charge in [0.15, 0.2) is 0 Å². The van der Waals surface area contributed by atoms with Crippen LogP contribution in [0.25, 0.3) is 0 Å². The zero-order chi connectivity index (χ0) is 17.5. The van der Waals surface area contributed by atoms with E-state index in [4.69, 9.17) is 11.0 Å². The van der Waals surface area contributed by atoms with Crippen LogP contribution in [0.5, 0.6) is 0 Å². The molecule has 2 aromatic rings. The molecule has 0 aliphatic rings. The third kappa shape index (κ3) is 4.57. The summed E-state index contributed by atoms with van der Waals surface area (Å²) in [5, 5.41) is 19.1. The second-order valence-corrected chi connectivity index (χ2v) is 5.73. The van der Waals surface area contributed by atoms with Crippen LogP contribution in [0.4, 0.5) is 11.4 Å². The molecule has 7 heteroatoms. The third-order valence-corrected chi connectivity index (χ3v) is 3.77. The van der Waals surface area contributed by atoms with Crippen LogP contribution in [0.1, 0.15) is 30.4 Å². The molecular weight excluding hydrogens is 304 g/mol. The summed E-state index contributed by atoms with van der Waals surface area (Å²) in [5.41, 5.74) is 8.13. The minimum atomic E-state index is -0.140. The van der Waals surface area contributed by atoms with Crippen LogP contribution >= 0.6 is 0 Å². The van der Waals surface area contributed by atoms with E-state index >= 15 is 0 Å². The summed E-state index contributed by atoms with van der Waals surface area (Å²) in [5.74, 6) is 0.183. The van der Waals surface area contributed by atoms with Gasteiger partial charge in [-0.2, -0.15) is 10.4 Å². The highest BCUT2D eigenvalue weighted by Crippen LogP contribution is 2.22. The number of carbonyl (C=O) groups excluding carboxylic acids is 1. The van der Waals surface area contributed by atoms with E-state index in [1.807, 2.05) is 25.5 Å². The van der Waals surface area contributed by atoms with Gasteiger partial charge >= 0.3 is 0 Å². The number of amides is 1. The summed E-state index contributed by atoms with van der Waals surface area (Å²) in [6.07, 6.45) is 4.17. The molecule has 2 rings (SSSR count). The van der Waals surface area contributed by atoms with Gasteiger partial charge in [-0.15, -0.1) is 0 Å². The van der Waals surface area contributed by atoms with Gasteiger partial charge < -0.3 is 16.4 Å². The van der Waals surface area contributed by atoms with Gasteiger partial charge in [0.1, 0.15) is 6.07 Å². The van der Waals surface area contributed by atoms with Gasteiger partial charge in [0.2, 0.25) is 5.91 Å². The number of rotatable bonds is 7. The molecule has 7 nitrogen and oxygen atoms in total. The summed E-state index contributed by atoms with van der Waals surface area (Å²) in [6, 6.07) is 6.99. The number of aromatic nitrogens is 2. The zero-order valence-electron chi connectivity index (χ0n) is 13.9. The molecule has 1 heterocycles. The maximum absolute atomic E-state index is 12.0. The van der Waals surface area contributed by atoms with Crippen molar-refractivity contribution in [2.75, 3.05) is 24.1 Å². The smallest absolute Gasteiger partial charge is 0.225 e. The molecule has 0 aliphatic heterocycles. The van der Waals surface area contributed by atoms with Crippen molar-refractivity contribution in [2.45, 2.75) is 19.3 Å². The molecule has 0 fully saturated rings. The highest BCUT2D eigenvalue weighted by Gasteiger charge is 2.09. The maximum atomic E-state index is 12.0. The van der Waals surface area contributed by atoms with Crippen LogP contribution in [0.3, 0.4) is 0 Å². The average Bonchev–Trinajstić information content (AvgIpc) is 3.00. The van der Waals surface area contributed by atoms with E-state index in [9.17, 15) is 4.79 Å². The van der Waals surface area contributed by atoms with Gasteiger partial charge in [-0.25, -0.2) is 0 Å². The number of nitrogens with one attached hydrogen (secondary N) is 2. The first-order valence-electron chi connectivity index (χ1n) is 7.79. The molecule has 0 bridgehead atoms. The molecule has 1 unspecified atom stereocenters. The number of aryl methyl sites for hydroxylation is 1. The minimum Gasteiger partial charge on any atom is -0.396 e. The Morgan fingerprint density at radius 1 is 1.50 bits per heavy atom. The van der Waals surface area contributed by atoms with Crippen molar-refractivity contribution in [3.05, 3.63) is 41.7 Å². The highest BCUT2D eigenvalue weighted by atomic mass is 16.1. The molecule has 4 N–H and O–H groups in total. The first kappa shape index (κ1) is 17.5. The van der Waals surface area contributed by atoms with Gasteiger partial charge in [0.05, 0.1) is 23.1 Å². The number of hydrogen-bond donors (Lipinski definition) is 3. The molecule has 0 saturated heterocycles. The Hall–Kier alpha value is -2.85. The highest BCUT2D eigenvalue weighted by molar-refractivity contribution is 5.94. The number of carbonyl (C=O) groups is 1. The number of benzene rings is 1. The van der Waals surface area contributed by atoms with Gasteiger partial charge in [-0.1, -0.05) is 13.0 Å². The van der Waals surface area contributed by atoms with E-state index in [0.29, 0.717) is 35.8 Å². The molecule has 24 heavy (non-hydrogen) atoms. The largest absolute Gasteiger partial charge is 0.396 e. The van der Waals surface area contributed by atoms with Gasteiger partial charge in [0, 0.05) is 32.8 Å². The predicted molar refractivity (Wildman–Crippen MR) is 93.3 cm³/mol. The van der Waals surface area contributed by atoms with Crippen LogP contribution in [0.2, 0.25) is 0 Å². The zero-order valence-corrected chi connectivity index (χ0v) is 13.9. The molecule has 0 aliphatic carbocycles. The monoisotopic (exact) mass is 326 g/mol. The Morgan fingerprint density at radius 3 is 2.96 bits per heavy atom. The van der Waals surface area contributed by atoms with Gasteiger partial charge in [-0.3, -0.25) is 9.48 Å². The fourth-order valence-electron chi connectivity index (χ4n) is 2.32. The van der Waals surface area contributed by atoms with Crippen LogP contribution < -0.4 is 16.4 Å². The SMILES string of the molecule is CC(CNCCC(=O)Nc1cccc(C#N)c1N)c1cnn(C)c1. The van der Waals surface area contributed by atoms with E-state index in [1.165, 1.54) is 0 Å². The summed E-state index contributed by atoms with van der Waals surface area (Å²) >= 11 is 0. The number of nitrogens with zero attached hydrogens (tertiary/aromatic N) is 3. The molecule has 1 aromatic heterocycles. The summed E-state index contributed by atoms with van der Waals surface area (Å²) in [4.78, 5) is 12.0. The fourth-order valence-corrected chi connectivity index (χ4v) is 2.32. The topological polar surface area (TPSA) is 109 Å². The first-order valence-corrected chi connectivity index (χ1v) is 7.79. The third-order valence-electron chi connectivity index (χ3n) is 3.77. The summed E-state index contributed by atoms with van der Waals surface area (Å²) in [6.45, 7) is 3.44. The van der Waals surface area contributed by atoms with Crippen LogP contribution in [-0.2, 0) is 11.8 Å². The van der Waals surface area contributed by atoms with Crippen molar-refractivity contribution in [1.29, 1.82) is 5.26 Å². The minimum absolute atomic E-state index is 0.140. The molecule has 0 spiro atoms. The van der Waals surface area contributed by atoms with Crippen molar-refractivity contribution in [3.8, 4) is 6.07 Å².